The Balaban J connectivity index is 1.28. The number of amides is 4. The number of likely N-dealkylation sites (tertiary alicyclic amines) is 1. The van der Waals surface area contributed by atoms with Crippen LogP contribution in [0.25, 0.3) is 33.4 Å². The number of esters is 1. The highest BCUT2D eigenvalue weighted by molar-refractivity contribution is 7.10. The fourth-order valence-electron chi connectivity index (χ4n) is 9.37. The number of hydrazine groups is 1. The van der Waals surface area contributed by atoms with Crippen molar-refractivity contribution >= 4 is 46.1 Å². The second-order valence-corrected chi connectivity index (χ2v) is 19.7. The SMILES string of the molecule is CCn1c(-c2cccnc2[C@H](C)OC)c2c3cc(ccc31)-c1csc(n1)C[C@H](NC(=O)C(C(C)C)N(C)C(=O)N1CC[C@@H]1CN(C)C)C(=O)N1CCC[C@H](N1)C(=O)OCC(C)(C)C2. The molecule has 63 heavy (non-hydrogen) atoms. The molecule has 7 rings (SSSR count). The maximum Gasteiger partial charge on any atom is 0.324 e. The highest BCUT2D eigenvalue weighted by Gasteiger charge is 2.41. The molecule has 0 radical (unpaired) electrons. The molecular formula is C47H65N9O6S. The summed E-state index contributed by atoms with van der Waals surface area (Å²) >= 11 is 1.43. The van der Waals surface area contributed by atoms with Crippen LogP contribution in [0, 0.1) is 11.3 Å². The van der Waals surface area contributed by atoms with Crippen LogP contribution in [0.5, 0.6) is 0 Å². The predicted molar refractivity (Wildman–Crippen MR) is 245 cm³/mol. The van der Waals surface area contributed by atoms with Gasteiger partial charge in [-0.15, -0.1) is 11.3 Å². The van der Waals surface area contributed by atoms with Crippen LogP contribution in [-0.2, 0) is 43.2 Å². The van der Waals surface area contributed by atoms with Crippen LogP contribution in [-0.4, -0.2) is 137 Å². The number of cyclic esters (lactones) is 1. The van der Waals surface area contributed by atoms with Crippen molar-refractivity contribution in [1.82, 2.24) is 45.0 Å². The minimum absolute atomic E-state index is 0.0730. The van der Waals surface area contributed by atoms with Gasteiger partial charge in [0.2, 0.25) is 5.91 Å². The summed E-state index contributed by atoms with van der Waals surface area (Å²) in [4.78, 5) is 72.0. The van der Waals surface area contributed by atoms with E-state index in [9.17, 15) is 19.2 Å². The maximum atomic E-state index is 14.6. The van der Waals surface area contributed by atoms with E-state index in [2.05, 4.69) is 65.2 Å². The number of hydrogen-bond acceptors (Lipinski definition) is 11. The average molecular weight is 884 g/mol. The van der Waals surface area contributed by atoms with Crippen molar-refractivity contribution in [3.63, 3.8) is 0 Å². The monoisotopic (exact) mass is 883 g/mol. The van der Waals surface area contributed by atoms with E-state index in [1.54, 1.807) is 20.4 Å². The Labute approximate surface area is 375 Å². The third kappa shape index (κ3) is 9.64. The van der Waals surface area contributed by atoms with Crippen molar-refractivity contribution in [2.75, 3.05) is 54.5 Å². The average Bonchev–Trinajstić information content (AvgIpc) is 3.84. The summed E-state index contributed by atoms with van der Waals surface area (Å²) < 4.78 is 14.2. The number of urea groups is 1. The number of benzene rings is 1. The second-order valence-electron chi connectivity index (χ2n) is 18.8. The van der Waals surface area contributed by atoms with Gasteiger partial charge >= 0.3 is 12.0 Å². The van der Waals surface area contributed by atoms with Crippen molar-refractivity contribution < 1.29 is 28.7 Å². The number of pyridine rings is 1. The van der Waals surface area contributed by atoms with Crippen LogP contribution in [0.4, 0.5) is 4.79 Å². The number of carbonyl (C=O) groups excluding carboxylic acids is 4. The van der Waals surface area contributed by atoms with Gasteiger partial charge in [-0.1, -0.05) is 33.8 Å². The number of rotatable bonds is 10. The molecule has 4 aromatic rings. The summed E-state index contributed by atoms with van der Waals surface area (Å²) in [5.74, 6) is -1.50. The zero-order valence-electron chi connectivity index (χ0n) is 38.6. The first-order valence-electron chi connectivity index (χ1n) is 22.3. The number of nitrogens with one attached hydrogen (secondary N) is 2. The summed E-state index contributed by atoms with van der Waals surface area (Å²) in [6.07, 6.45) is 4.21. The highest BCUT2D eigenvalue weighted by atomic mass is 32.1. The zero-order chi connectivity index (χ0) is 45.3. The summed E-state index contributed by atoms with van der Waals surface area (Å²) in [7, 11) is 7.32. The number of carbonyl (C=O) groups is 4. The Hall–Kier alpha value is -4.90. The molecule has 6 bridgehead atoms. The Kier molecular flexibility index (Phi) is 13.9. The molecule has 2 saturated heterocycles. The Morgan fingerprint density at radius 3 is 2.57 bits per heavy atom. The number of thiazole rings is 1. The van der Waals surface area contributed by atoms with Crippen molar-refractivity contribution in [3.8, 4) is 22.5 Å². The van der Waals surface area contributed by atoms with Crippen LogP contribution >= 0.6 is 11.3 Å². The van der Waals surface area contributed by atoms with E-state index >= 15 is 0 Å². The minimum atomic E-state index is -1.04. The number of aryl methyl sites for hydroxylation is 1. The molecule has 5 atom stereocenters. The van der Waals surface area contributed by atoms with Gasteiger partial charge in [0.1, 0.15) is 18.1 Å². The van der Waals surface area contributed by atoms with Crippen molar-refractivity contribution in [2.45, 2.75) is 110 Å². The van der Waals surface area contributed by atoms with Gasteiger partial charge in [0, 0.05) is 91.8 Å². The number of ether oxygens (including phenoxy) is 2. The Bertz CT molecular complexity index is 2320. The number of methoxy groups -OCH3 is 1. The van der Waals surface area contributed by atoms with Gasteiger partial charge in [-0.05, 0) is 89.4 Å². The predicted octanol–water partition coefficient (Wildman–Crippen LogP) is 5.91. The lowest BCUT2D eigenvalue weighted by Gasteiger charge is -2.45. The summed E-state index contributed by atoms with van der Waals surface area (Å²) in [5.41, 5.74) is 9.40. The van der Waals surface area contributed by atoms with Gasteiger partial charge in [-0.25, -0.2) is 15.2 Å². The molecule has 1 aromatic carbocycles. The molecule has 340 valence electrons. The fourth-order valence-corrected chi connectivity index (χ4v) is 10.2. The lowest BCUT2D eigenvalue weighted by Crippen LogP contribution is -2.64. The molecule has 1 unspecified atom stereocenters. The summed E-state index contributed by atoms with van der Waals surface area (Å²) in [6.45, 7) is 14.7. The van der Waals surface area contributed by atoms with Gasteiger partial charge < -0.3 is 34.1 Å². The fraction of sp³-hybridized carbons (Fsp3) is 0.574. The normalized spacial score (nSPS) is 21.5. The lowest BCUT2D eigenvalue weighted by atomic mass is 9.84. The molecule has 0 spiro atoms. The van der Waals surface area contributed by atoms with E-state index in [0.717, 1.165) is 57.6 Å². The molecule has 4 amide bonds. The van der Waals surface area contributed by atoms with Crippen LogP contribution in [0.1, 0.15) is 83.2 Å². The zero-order valence-corrected chi connectivity index (χ0v) is 39.4. The van der Waals surface area contributed by atoms with Gasteiger partial charge in [-0.3, -0.25) is 24.4 Å². The first-order chi connectivity index (χ1) is 30.0. The first kappa shape index (κ1) is 46.1. The maximum absolute atomic E-state index is 14.6. The van der Waals surface area contributed by atoms with Crippen LogP contribution in [0.15, 0.2) is 41.9 Å². The van der Waals surface area contributed by atoms with Crippen LogP contribution in [0.2, 0.25) is 0 Å². The van der Waals surface area contributed by atoms with Gasteiger partial charge in [0.15, 0.2) is 0 Å². The van der Waals surface area contributed by atoms with Crippen molar-refractivity contribution in [1.29, 1.82) is 0 Å². The van der Waals surface area contributed by atoms with E-state index in [1.165, 1.54) is 21.2 Å². The molecule has 0 saturated carbocycles. The Morgan fingerprint density at radius 2 is 1.89 bits per heavy atom. The van der Waals surface area contributed by atoms with Crippen molar-refractivity contribution in [2.24, 2.45) is 11.3 Å². The molecule has 2 N–H and O–H groups in total. The van der Waals surface area contributed by atoms with E-state index < -0.39 is 35.4 Å². The van der Waals surface area contributed by atoms with Gasteiger partial charge in [0.05, 0.1) is 34.8 Å². The molecule has 3 aliphatic rings. The lowest BCUT2D eigenvalue weighted by molar-refractivity contribution is -0.155. The molecule has 6 heterocycles. The first-order valence-corrected chi connectivity index (χ1v) is 23.2. The second kappa shape index (κ2) is 19.1. The molecule has 3 aromatic heterocycles. The summed E-state index contributed by atoms with van der Waals surface area (Å²) in [6, 6.07) is 7.69. The third-order valence-electron chi connectivity index (χ3n) is 12.7. The van der Waals surface area contributed by atoms with E-state index in [-0.39, 0.29) is 43.0 Å². The third-order valence-corrected chi connectivity index (χ3v) is 13.6. The standard InChI is InChI=1S/C47H65N9O6S/c1-11-54-38-17-16-30-22-33(38)34(42(54)32-14-12-19-48-40(32)29(4)61-10)24-47(5,6)27-62-45(59)35-15-13-20-56(51-35)44(58)36(23-39-49-37(30)26-63-39)50-43(57)41(28(2)3)53(9)46(60)55-21-18-31(55)25-52(7)8/h12,14,16-17,19,22,26,28-29,31,35-36,41,51H,11,13,15,18,20-21,23-25,27H2,1-10H3,(H,50,57)/t29-,31+,35-,36-,41?/m0/s1. The largest absolute Gasteiger partial charge is 0.464 e. The quantitative estimate of drug-likeness (QED) is 0.184. The summed E-state index contributed by atoms with van der Waals surface area (Å²) in [5, 5.41) is 8.23. The molecule has 2 fully saturated rings. The Morgan fingerprint density at radius 1 is 1.11 bits per heavy atom. The topological polar surface area (TPSA) is 154 Å². The molecule has 15 nitrogen and oxygen atoms in total. The number of likely N-dealkylation sites (N-methyl/N-ethyl adjacent to an activating group) is 2. The molecule has 16 heteroatoms. The minimum Gasteiger partial charge on any atom is -0.464 e. The van der Waals surface area contributed by atoms with Gasteiger partial charge in [-0.2, -0.15) is 0 Å². The molecular weight excluding hydrogens is 819 g/mol. The van der Waals surface area contributed by atoms with Gasteiger partial charge in [0.25, 0.3) is 5.91 Å². The molecule has 0 aliphatic carbocycles. The van der Waals surface area contributed by atoms with E-state index in [0.29, 0.717) is 43.9 Å². The highest BCUT2D eigenvalue weighted by Crippen LogP contribution is 2.42. The van der Waals surface area contributed by atoms with Crippen LogP contribution < -0.4 is 10.7 Å². The number of aromatic nitrogens is 3. The van der Waals surface area contributed by atoms with Crippen molar-refractivity contribution in [3.05, 3.63) is 58.2 Å². The number of nitrogens with zero attached hydrogens (tertiary/aromatic N) is 7. The van der Waals surface area contributed by atoms with E-state index in [1.807, 2.05) is 51.2 Å². The number of hydrogen-bond donors (Lipinski definition) is 2. The smallest absolute Gasteiger partial charge is 0.324 e. The molecule has 3 aliphatic heterocycles. The number of fused-ring (bicyclic) bond motifs is 6. The van der Waals surface area contributed by atoms with Crippen LogP contribution in [0.3, 0.4) is 0 Å². The van der Waals surface area contributed by atoms with E-state index in [4.69, 9.17) is 19.4 Å².